The number of anilines is 3. The van der Waals surface area contributed by atoms with Crippen molar-refractivity contribution in [2.75, 3.05) is 10.6 Å². The molecule has 0 saturated carbocycles. The first kappa shape index (κ1) is 21.8. The highest BCUT2D eigenvalue weighted by atomic mass is 16.5. The van der Waals surface area contributed by atoms with Crippen LogP contribution in [0.3, 0.4) is 0 Å². The zero-order valence-electron chi connectivity index (χ0n) is 18.2. The van der Waals surface area contributed by atoms with E-state index in [4.69, 9.17) is 4.74 Å². The molecule has 1 aromatic heterocycles. The predicted molar refractivity (Wildman–Crippen MR) is 131 cm³/mol. The van der Waals surface area contributed by atoms with Gasteiger partial charge >= 0.3 is 0 Å². The first-order valence-electron chi connectivity index (χ1n) is 10.6. The minimum Gasteiger partial charge on any atom is -0.489 e. The van der Waals surface area contributed by atoms with Gasteiger partial charge in [0.25, 0.3) is 0 Å². The van der Waals surface area contributed by atoms with Gasteiger partial charge in [0.05, 0.1) is 0 Å². The number of benzene rings is 3. The third-order valence-corrected chi connectivity index (χ3v) is 4.78. The molecule has 1 amide bonds. The molecule has 6 heteroatoms. The summed E-state index contributed by atoms with van der Waals surface area (Å²) in [6, 6.07) is 26.9. The van der Waals surface area contributed by atoms with E-state index in [0.29, 0.717) is 12.3 Å². The molecule has 0 aliphatic heterocycles. The van der Waals surface area contributed by atoms with E-state index in [9.17, 15) is 4.79 Å². The summed E-state index contributed by atoms with van der Waals surface area (Å²) in [5.74, 6) is 1.30. The molecule has 3 aromatic carbocycles. The second-order valence-electron chi connectivity index (χ2n) is 7.41. The van der Waals surface area contributed by atoms with Crippen molar-refractivity contribution in [2.45, 2.75) is 13.5 Å². The summed E-state index contributed by atoms with van der Waals surface area (Å²) in [4.78, 5) is 20.5. The predicted octanol–water partition coefficient (Wildman–Crippen LogP) is 5.76. The maximum atomic E-state index is 12.3. The van der Waals surface area contributed by atoms with E-state index < -0.39 is 0 Å². The van der Waals surface area contributed by atoms with Crippen LogP contribution in [0.2, 0.25) is 0 Å². The van der Waals surface area contributed by atoms with E-state index in [0.717, 1.165) is 34.1 Å². The number of aryl methyl sites for hydroxylation is 1. The zero-order valence-corrected chi connectivity index (χ0v) is 18.2. The molecule has 33 heavy (non-hydrogen) atoms. The molecule has 164 valence electrons. The van der Waals surface area contributed by atoms with E-state index in [1.807, 2.05) is 91.9 Å². The molecule has 0 aliphatic rings. The Hall–Kier alpha value is -4.45. The summed E-state index contributed by atoms with van der Waals surface area (Å²) < 4.78 is 5.79. The lowest BCUT2D eigenvalue weighted by molar-refractivity contribution is -0.111. The van der Waals surface area contributed by atoms with Crippen LogP contribution in [-0.4, -0.2) is 15.9 Å². The number of carbonyl (C=O) groups excluding carboxylic acids is 1. The van der Waals surface area contributed by atoms with Crippen molar-refractivity contribution in [3.8, 4) is 5.75 Å². The number of rotatable bonds is 8. The van der Waals surface area contributed by atoms with Gasteiger partial charge in [0.2, 0.25) is 5.91 Å². The van der Waals surface area contributed by atoms with Crippen molar-refractivity contribution in [1.82, 2.24) is 9.97 Å². The molecule has 0 spiro atoms. The zero-order chi connectivity index (χ0) is 22.9. The fourth-order valence-electron chi connectivity index (χ4n) is 3.08. The number of amides is 1. The molecule has 4 aromatic rings. The van der Waals surface area contributed by atoms with Crippen LogP contribution in [-0.2, 0) is 11.4 Å². The molecule has 6 nitrogen and oxygen atoms in total. The quantitative estimate of drug-likeness (QED) is 0.344. The van der Waals surface area contributed by atoms with E-state index in [1.165, 1.54) is 12.4 Å². The number of carbonyl (C=O) groups is 1. The number of nitrogens with one attached hydrogen (secondary N) is 2. The van der Waals surface area contributed by atoms with Crippen LogP contribution >= 0.6 is 0 Å². The molecular formula is C27H24N4O2. The Morgan fingerprint density at radius 1 is 0.909 bits per heavy atom. The average Bonchev–Trinajstić information content (AvgIpc) is 2.84. The largest absolute Gasteiger partial charge is 0.489 e. The summed E-state index contributed by atoms with van der Waals surface area (Å²) in [5.41, 5.74) is 4.50. The van der Waals surface area contributed by atoms with Gasteiger partial charge in [0.1, 0.15) is 24.5 Å². The third-order valence-electron chi connectivity index (χ3n) is 4.78. The Balaban J connectivity index is 1.27. The highest BCUT2D eigenvalue weighted by molar-refractivity contribution is 6.02. The fourth-order valence-corrected chi connectivity index (χ4v) is 3.08. The maximum absolute atomic E-state index is 12.3. The first-order valence-corrected chi connectivity index (χ1v) is 10.6. The summed E-state index contributed by atoms with van der Waals surface area (Å²) in [5, 5.41) is 6.07. The number of aromatic nitrogens is 2. The van der Waals surface area contributed by atoms with Crippen molar-refractivity contribution < 1.29 is 9.53 Å². The fraction of sp³-hybridized carbons (Fsp3) is 0.0741. The summed E-state index contributed by atoms with van der Waals surface area (Å²) >= 11 is 0. The van der Waals surface area contributed by atoms with Gasteiger partial charge in [-0.15, -0.1) is 0 Å². The highest BCUT2D eigenvalue weighted by Gasteiger charge is 2.01. The third kappa shape index (κ3) is 6.77. The standard InChI is InChI=1S/C27H24N4O2/c1-20-17-26(29-19-28-20)30-23-10-12-24(13-11-23)31-27(32)16-9-21-7-14-25(15-8-21)33-18-22-5-3-2-4-6-22/h2-17,19H,18H2,1H3,(H,31,32)(H,28,29,30)/b16-9+. The van der Waals surface area contributed by atoms with E-state index in [-0.39, 0.29) is 5.91 Å². The minimum absolute atomic E-state index is 0.202. The molecular weight excluding hydrogens is 412 g/mol. The van der Waals surface area contributed by atoms with Gasteiger partial charge in [0, 0.05) is 29.2 Å². The van der Waals surface area contributed by atoms with Crippen LogP contribution in [0.25, 0.3) is 6.08 Å². The van der Waals surface area contributed by atoms with E-state index in [1.54, 1.807) is 6.08 Å². The van der Waals surface area contributed by atoms with Crippen molar-refractivity contribution in [3.63, 3.8) is 0 Å². The first-order chi connectivity index (χ1) is 16.1. The van der Waals surface area contributed by atoms with Gasteiger partial charge in [-0.05, 0) is 60.5 Å². The van der Waals surface area contributed by atoms with Gasteiger partial charge in [-0.3, -0.25) is 4.79 Å². The van der Waals surface area contributed by atoms with E-state index in [2.05, 4.69) is 20.6 Å². The molecule has 2 N–H and O–H groups in total. The van der Waals surface area contributed by atoms with Gasteiger partial charge in [-0.1, -0.05) is 42.5 Å². The van der Waals surface area contributed by atoms with Crippen LogP contribution in [0, 0.1) is 6.92 Å². The second-order valence-corrected chi connectivity index (χ2v) is 7.41. The van der Waals surface area contributed by atoms with Crippen molar-refractivity contribution in [1.29, 1.82) is 0 Å². The minimum atomic E-state index is -0.202. The highest BCUT2D eigenvalue weighted by Crippen LogP contribution is 2.18. The molecule has 0 saturated heterocycles. The van der Waals surface area contributed by atoms with Crippen LogP contribution in [0.5, 0.6) is 5.75 Å². The van der Waals surface area contributed by atoms with Crippen molar-refractivity contribution >= 4 is 29.2 Å². The normalized spacial score (nSPS) is 10.7. The Bertz CT molecular complexity index is 1220. The lowest BCUT2D eigenvalue weighted by Gasteiger charge is -2.07. The molecule has 0 aliphatic carbocycles. The van der Waals surface area contributed by atoms with Crippen molar-refractivity contribution in [2.24, 2.45) is 0 Å². The molecule has 0 unspecified atom stereocenters. The van der Waals surface area contributed by atoms with Gasteiger partial charge < -0.3 is 15.4 Å². The summed E-state index contributed by atoms with van der Waals surface area (Å²) in [7, 11) is 0. The number of hydrogen-bond acceptors (Lipinski definition) is 5. The van der Waals surface area contributed by atoms with Gasteiger partial charge in [-0.25, -0.2) is 9.97 Å². The molecule has 0 bridgehead atoms. The Morgan fingerprint density at radius 3 is 2.36 bits per heavy atom. The topological polar surface area (TPSA) is 76.1 Å². The van der Waals surface area contributed by atoms with Crippen LogP contribution in [0.15, 0.2) is 97.3 Å². The molecule has 0 atom stereocenters. The van der Waals surface area contributed by atoms with E-state index >= 15 is 0 Å². The maximum Gasteiger partial charge on any atom is 0.248 e. The van der Waals surface area contributed by atoms with Gasteiger partial charge in [0.15, 0.2) is 0 Å². The lowest BCUT2D eigenvalue weighted by Crippen LogP contribution is -2.07. The molecule has 1 heterocycles. The monoisotopic (exact) mass is 436 g/mol. The Morgan fingerprint density at radius 2 is 1.64 bits per heavy atom. The SMILES string of the molecule is Cc1cc(Nc2ccc(NC(=O)/C=C/c3ccc(OCc4ccccc4)cc3)cc2)ncn1. The van der Waals surface area contributed by atoms with Crippen molar-refractivity contribution in [3.05, 3.63) is 114 Å². The van der Waals surface area contributed by atoms with Crippen LogP contribution in [0.4, 0.5) is 17.2 Å². The van der Waals surface area contributed by atoms with Gasteiger partial charge in [-0.2, -0.15) is 0 Å². The summed E-state index contributed by atoms with van der Waals surface area (Å²) in [6.45, 7) is 2.43. The second kappa shape index (κ2) is 10.7. The molecule has 0 radical (unpaired) electrons. The van der Waals surface area contributed by atoms with Crippen LogP contribution < -0.4 is 15.4 Å². The summed E-state index contributed by atoms with van der Waals surface area (Å²) in [6.07, 6.45) is 4.79. The lowest BCUT2D eigenvalue weighted by atomic mass is 10.2. The Kier molecular flexibility index (Phi) is 7.08. The smallest absolute Gasteiger partial charge is 0.248 e. The average molecular weight is 437 g/mol. The number of ether oxygens (including phenoxy) is 1. The Labute approximate surface area is 193 Å². The molecule has 4 rings (SSSR count). The number of hydrogen-bond donors (Lipinski definition) is 2. The van der Waals surface area contributed by atoms with Crippen LogP contribution in [0.1, 0.15) is 16.8 Å². The number of nitrogens with zero attached hydrogens (tertiary/aromatic N) is 2. The molecule has 0 fully saturated rings.